The summed E-state index contributed by atoms with van der Waals surface area (Å²) in [7, 11) is 0. The van der Waals surface area contributed by atoms with Crippen molar-refractivity contribution < 1.29 is 9.53 Å². The molecule has 0 spiro atoms. The molecule has 4 heteroatoms. The number of carbonyl (C=O) groups is 1. The van der Waals surface area contributed by atoms with Crippen LogP contribution in [0, 0.1) is 6.92 Å². The monoisotopic (exact) mass is 346 g/mol. The Labute approximate surface area is 152 Å². The van der Waals surface area contributed by atoms with Crippen molar-refractivity contribution in [1.29, 1.82) is 0 Å². The third kappa shape index (κ3) is 1.96. The van der Waals surface area contributed by atoms with Crippen LogP contribution in [0.2, 0.25) is 0 Å². The first-order valence-corrected chi connectivity index (χ1v) is 9.28. The Morgan fingerprint density at radius 2 is 2.00 bits per heavy atom. The van der Waals surface area contributed by atoms with Crippen LogP contribution in [0.25, 0.3) is 5.65 Å². The van der Waals surface area contributed by atoms with Gasteiger partial charge in [0.15, 0.2) is 0 Å². The summed E-state index contributed by atoms with van der Waals surface area (Å²) in [5.41, 5.74) is 6.05. The van der Waals surface area contributed by atoms with Crippen molar-refractivity contribution in [2.24, 2.45) is 0 Å². The molecule has 3 aliphatic rings. The summed E-state index contributed by atoms with van der Waals surface area (Å²) in [5.74, 6) is -0.225. The van der Waals surface area contributed by atoms with Gasteiger partial charge in [-0.3, -0.25) is 0 Å². The van der Waals surface area contributed by atoms with Gasteiger partial charge in [-0.1, -0.05) is 12.1 Å². The summed E-state index contributed by atoms with van der Waals surface area (Å²) < 4.78 is 7.40. The first-order chi connectivity index (χ1) is 12.6. The van der Waals surface area contributed by atoms with Crippen LogP contribution in [0.1, 0.15) is 53.4 Å². The standard InChI is InChI=1S/C22H22N2O2/c1-3-26-20(25)16-8-7-15(2)17(10-16)21-12-22(13-21,14-21)18-11-23-19-6-4-5-9-24(18)19/h4-11H,3,12-14H2,1-2H3. The number of benzene rings is 1. The Morgan fingerprint density at radius 1 is 1.19 bits per heavy atom. The molecule has 132 valence electrons. The Morgan fingerprint density at radius 3 is 2.77 bits per heavy atom. The van der Waals surface area contributed by atoms with E-state index in [0.29, 0.717) is 12.2 Å². The van der Waals surface area contributed by atoms with Gasteiger partial charge in [0, 0.05) is 23.5 Å². The lowest BCUT2D eigenvalue weighted by Crippen LogP contribution is -2.67. The van der Waals surface area contributed by atoms with E-state index < -0.39 is 0 Å². The van der Waals surface area contributed by atoms with Crippen LogP contribution in [0.15, 0.2) is 48.8 Å². The zero-order valence-corrected chi connectivity index (χ0v) is 15.2. The van der Waals surface area contributed by atoms with Crippen LogP contribution in [0.3, 0.4) is 0 Å². The van der Waals surface area contributed by atoms with Crippen LogP contribution in [-0.2, 0) is 15.6 Å². The number of hydrogen-bond donors (Lipinski definition) is 0. The number of aryl methyl sites for hydroxylation is 1. The van der Waals surface area contributed by atoms with Crippen molar-refractivity contribution in [3.63, 3.8) is 0 Å². The molecule has 2 aromatic heterocycles. The average Bonchev–Trinajstić information content (AvgIpc) is 2.99. The number of aromatic nitrogens is 2. The number of hydrogen-bond acceptors (Lipinski definition) is 3. The molecule has 2 heterocycles. The average molecular weight is 346 g/mol. The van der Waals surface area contributed by atoms with Crippen molar-refractivity contribution in [2.75, 3.05) is 6.61 Å². The minimum atomic E-state index is -0.225. The summed E-state index contributed by atoms with van der Waals surface area (Å²) in [6.07, 6.45) is 7.55. The molecule has 1 aromatic carbocycles. The van der Waals surface area contributed by atoms with Gasteiger partial charge in [-0.2, -0.15) is 0 Å². The summed E-state index contributed by atoms with van der Waals surface area (Å²) in [5, 5.41) is 0. The van der Waals surface area contributed by atoms with E-state index in [4.69, 9.17) is 4.74 Å². The summed E-state index contributed by atoms with van der Waals surface area (Å²) in [6.45, 7) is 4.39. The van der Waals surface area contributed by atoms with Crippen molar-refractivity contribution in [3.05, 3.63) is 71.2 Å². The van der Waals surface area contributed by atoms with E-state index >= 15 is 0 Å². The Kier molecular flexibility index (Phi) is 3.12. The Balaban J connectivity index is 1.45. The minimum absolute atomic E-state index is 0.214. The lowest BCUT2D eigenvalue weighted by molar-refractivity contribution is -0.0732. The molecule has 0 radical (unpaired) electrons. The van der Waals surface area contributed by atoms with Crippen molar-refractivity contribution in [1.82, 2.24) is 9.38 Å². The molecular weight excluding hydrogens is 324 g/mol. The molecule has 0 amide bonds. The lowest BCUT2D eigenvalue weighted by Gasteiger charge is -2.71. The van der Waals surface area contributed by atoms with E-state index in [1.54, 1.807) is 0 Å². The number of esters is 1. The van der Waals surface area contributed by atoms with Crippen LogP contribution in [0.5, 0.6) is 0 Å². The molecule has 0 N–H and O–H groups in total. The first kappa shape index (κ1) is 15.6. The highest BCUT2D eigenvalue weighted by atomic mass is 16.5. The highest BCUT2D eigenvalue weighted by Gasteiger charge is 2.70. The zero-order chi connectivity index (χ0) is 17.9. The third-order valence-electron chi connectivity index (χ3n) is 6.31. The van der Waals surface area contributed by atoms with E-state index in [2.05, 4.69) is 46.8 Å². The SMILES string of the molecule is CCOC(=O)c1ccc(C)c(C23CC(c4cnc5ccccn45)(C2)C3)c1. The largest absolute Gasteiger partial charge is 0.462 e. The normalized spacial score (nSPS) is 26.2. The van der Waals surface area contributed by atoms with E-state index in [1.165, 1.54) is 16.8 Å². The zero-order valence-electron chi connectivity index (χ0n) is 15.2. The van der Waals surface area contributed by atoms with Gasteiger partial charge in [-0.25, -0.2) is 9.78 Å². The summed E-state index contributed by atoms with van der Waals surface area (Å²) in [4.78, 5) is 16.7. The molecule has 3 aliphatic carbocycles. The molecule has 0 unspecified atom stereocenters. The molecule has 3 saturated carbocycles. The summed E-state index contributed by atoms with van der Waals surface area (Å²) >= 11 is 0. The molecule has 0 aliphatic heterocycles. The van der Waals surface area contributed by atoms with Crippen LogP contribution < -0.4 is 0 Å². The predicted molar refractivity (Wildman–Crippen MR) is 99.5 cm³/mol. The second-order valence-electron chi connectivity index (χ2n) is 7.91. The predicted octanol–water partition coefficient (Wildman–Crippen LogP) is 4.19. The van der Waals surface area contributed by atoms with E-state index in [-0.39, 0.29) is 16.8 Å². The molecule has 0 saturated heterocycles. The highest BCUT2D eigenvalue weighted by molar-refractivity contribution is 5.90. The molecular formula is C22H22N2O2. The van der Waals surface area contributed by atoms with Crippen molar-refractivity contribution >= 4 is 11.6 Å². The number of carbonyl (C=O) groups excluding carboxylic acids is 1. The topological polar surface area (TPSA) is 43.6 Å². The third-order valence-corrected chi connectivity index (χ3v) is 6.31. The number of fused-ring (bicyclic) bond motifs is 1. The molecule has 0 atom stereocenters. The Hall–Kier alpha value is -2.62. The van der Waals surface area contributed by atoms with Gasteiger partial charge in [0.2, 0.25) is 0 Å². The fourth-order valence-electron chi connectivity index (χ4n) is 5.20. The number of nitrogens with zero attached hydrogens (tertiary/aromatic N) is 2. The van der Waals surface area contributed by atoms with Gasteiger partial charge in [0.25, 0.3) is 0 Å². The van der Waals surface area contributed by atoms with Crippen molar-refractivity contribution in [2.45, 2.75) is 43.9 Å². The fraction of sp³-hybridized carbons (Fsp3) is 0.364. The van der Waals surface area contributed by atoms with Crippen LogP contribution >= 0.6 is 0 Å². The minimum Gasteiger partial charge on any atom is -0.462 e. The van der Waals surface area contributed by atoms with Gasteiger partial charge in [0.1, 0.15) is 5.65 Å². The van der Waals surface area contributed by atoms with Gasteiger partial charge >= 0.3 is 5.97 Å². The van der Waals surface area contributed by atoms with Crippen LogP contribution in [-0.4, -0.2) is 22.0 Å². The van der Waals surface area contributed by atoms with Crippen molar-refractivity contribution in [3.8, 4) is 0 Å². The lowest BCUT2D eigenvalue weighted by atomic mass is 9.32. The quantitative estimate of drug-likeness (QED) is 0.665. The van der Waals surface area contributed by atoms with Gasteiger partial charge in [0.05, 0.1) is 12.2 Å². The van der Waals surface area contributed by atoms with Gasteiger partial charge in [-0.05, 0) is 73.9 Å². The van der Waals surface area contributed by atoms with E-state index in [0.717, 1.165) is 24.9 Å². The summed E-state index contributed by atoms with van der Waals surface area (Å²) in [6, 6.07) is 12.1. The Bertz CT molecular complexity index is 1010. The maximum absolute atomic E-state index is 12.1. The molecule has 6 rings (SSSR count). The molecule has 2 bridgehead atoms. The molecule has 26 heavy (non-hydrogen) atoms. The number of pyridine rings is 1. The maximum Gasteiger partial charge on any atom is 0.338 e. The van der Waals surface area contributed by atoms with E-state index in [1.807, 2.05) is 25.3 Å². The number of rotatable bonds is 4. The maximum atomic E-state index is 12.1. The second kappa shape index (κ2) is 5.19. The number of ether oxygens (including phenoxy) is 1. The first-order valence-electron chi connectivity index (χ1n) is 9.28. The molecule has 4 nitrogen and oxygen atoms in total. The van der Waals surface area contributed by atoms with E-state index in [9.17, 15) is 4.79 Å². The molecule has 3 aromatic rings. The molecule has 3 fully saturated rings. The van der Waals surface area contributed by atoms with Gasteiger partial charge in [-0.15, -0.1) is 0 Å². The van der Waals surface area contributed by atoms with Gasteiger partial charge < -0.3 is 9.14 Å². The fourth-order valence-corrected chi connectivity index (χ4v) is 5.20. The smallest absolute Gasteiger partial charge is 0.338 e. The van der Waals surface area contributed by atoms with Crippen LogP contribution in [0.4, 0.5) is 0 Å². The second-order valence-corrected chi connectivity index (χ2v) is 7.91. The number of imidazole rings is 1. The highest BCUT2D eigenvalue weighted by Crippen LogP contribution is 2.74.